The normalized spacial score (nSPS) is 24.7. The van der Waals surface area contributed by atoms with Crippen LogP contribution in [0.4, 0.5) is 0 Å². The standard InChI is InChI=1S/C16H18O6/c1-21-14(19)10-8-16(9-10,11-6-4-3-5-7-11)12(13(17)18)15(20)22-2/h3-7,10,12H,8-9H2,1-2H3,(H,17,18). The first kappa shape index (κ1) is 16.0. The number of methoxy groups -OCH3 is 2. The molecule has 0 radical (unpaired) electrons. The summed E-state index contributed by atoms with van der Waals surface area (Å²) in [4.78, 5) is 35.3. The lowest BCUT2D eigenvalue weighted by molar-refractivity contribution is -0.169. The van der Waals surface area contributed by atoms with Gasteiger partial charge in [0.2, 0.25) is 0 Å². The molecule has 1 atom stereocenters. The Morgan fingerprint density at radius 3 is 2.18 bits per heavy atom. The Morgan fingerprint density at radius 1 is 1.14 bits per heavy atom. The van der Waals surface area contributed by atoms with Crippen molar-refractivity contribution in [3.8, 4) is 0 Å². The molecule has 1 saturated carbocycles. The van der Waals surface area contributed by atoms with Gasteiger partial charge in [-0.25, -0.2) is 0 Å². The van der Waals surface area contributed by atoms with Crippen molar-refractivity contribution in [3.05, 3.63) is 35.9 Å². The van der Waals surface area contributed by atoms with E-state index in [9.17, 15) is 19.5 Å². The number of rotatable bonds is 5. The van der Waals surface area contributed by atoms with Gasteiger partial charge in [0.25, 0.3) is 0 Å². The van der Waals surface area contributed by atoms with Gasteiger partial charge in [-0.3, -0.25) is 14.4 Å². The minimum atomic E-state index is -1.35. The maximum atomic E-state index is 12.0. The average molecular weight is 306 g/mol. The first-order valence-corrected chi connectivity index (χ1v) is 6.90. The lowest BCUT2D eigenvalue weighted by Gasteiger charge is -2.49. The van der Waals surface area contributed by atoms with E-state index < -0.39 is 29.2 Å². The van der Waals surface area contributed by atoms with Crippen LogP contribution in [0.3, 0.4) is 0 Å². The quantitative estimate of drug-likeness (QED) is 0.653. The largest absolute Gasteiger partial charge is 0.481 e. The minimum absolute atomic E-state index is 0.246. The highest BCUT2D eigenvalue weighted by Crippen LogP contribution is 2.53. The zero-order chi connectivity index (χ0) is 16.3. The molecule has 1 fully saturated rings. The number of ether oxygens (including phenoxy) is 2. The van der Waals surface area contributed by atoms with E-state index in [-0.39, 0.29) is 18.8 Å². The number of carbonyl (C=O) groups is 3. The first-order chi connectivity index (χ1) is 10.5. The smallest absolute Gasteiger partial charge is 0.320 e. The van der Waals surface area contributed by atoms with Crippen LogP contribution in [0, 0.1) is 11.8 Å². The highest BCUT2D eigenvalue weighted by atomic mass is 16.5. The third-order valence-electron chi connectivity index (χ3n) is 4.34. The van der Waals surface area contributed by atoms with Gasteiger partial charge in [-0.15, -0.1) is 0 Å². The van der Waals surface area contributed by atoms with Gasteiger partial charge >= 0.3 is 17.9 Å². The summed E-state index contributed by atoms with van der Waals surface area (Å²) in [6.07, 6.45) is 0.492. The van der Waals surface area contributed by atoms with Gasteiger partial charge in [0.05, 0.1) is 20.1 Å². The number of carbonyl (C=O) groups excluding carboxylic acids is 2. The molecule has 2 rings (SSSR count). The molecule has 6 heteroatoms. The molecular weight excluding hydrogens is 288 g/mol. The number of aliphatic carboxylic acids is 1. The molecule has 0 aliphatic heterocycles. The van der Waals surface area contributed by atoms with Crippen molar-refractivity contribution in [2.24, 2.45) is 11.8 Å². The summed E-state index contributed by atoms with van der Waals surface area (Å²) in [7, 11) is 2.45. The van der Waals surface area contributed by atoms with Crippen LogP contribution in [0.2, 0.25) is 0 Å². The predicted molar refractivity (Wildman–Crippen MR) is 76.0 cm³/mol. The van der Waals surface area contributed by atoms with E-state index in [2.05, 4.69) is 4.74 Å². The molecule has 0 saturated heterocycles. The van der Waals surface area contributed by atoms with Gasteiger partial charge < -0.3 is 14.6 Å². The summed E-state index contributed by atoms with van der Waals surface area (Å²) in [6, 6.07) is 8.90. The number of carboxylic acid groups (broad SMARTS) is 1. The zero-order valence-corrected chi connectivity index (χ0v) is 12.4. The summed E-state index contributed by atoms with van der Waals surface area (Å²) in [5.41, 5.74) is -0.230. The van der Waals surface area contributed by atoms with Crippen molar-refractivity contribution in [1.82, 2.24) is 0 Å². The Balaban J connectivity index is 2.42. The van der Waals surface area contributed by atoms with Crippen molar-refractivity contribution in [3.63, 3.8) is 0 Å². The highest BCUT2D eigenvalue weighted by Gasteiger charge is 2.59. The Morgan fingerprint density at radius 2 is 1.73 bits per heavy atom. The lowest BCUT2D eigenvalue weighted by Crippen LogP contribution is -2.55. The number of hydrogen-bond acceptors (Lipinski definition) is 5. The molecule has 1 aliphatic rings. The molecule has 22 heavy (non-hydrogen) atoms. The van der Waals surface area contributed by atoms with Crippen LogP contribution >= 0.6 is 0 Å². The van der Waals surface area contributed by atoms with E-state index in [1.807, 2.05) is 6.07 Å². The van der Waals surface area contributed by atoms with Gasteiger partial charge in [-0.05, 0) is 18.4 Å². The molecular formula is C16H18O6. The second kappa shape index (κ2) is 6.17. The number of hydrogen-bond donors (Lipinski definition) is 1. The summed E-state index contributed by atoms with van der Waals surface area (Å²) >= 11 is 0. The van der Waals surface area contributed by atoms with Crippen molar-refractivity contribution >= 4 is 17.9 Å². The Hall–Kier alpha value is -2.37. The maximum Gasteiger partial charge on any atom is 0.320 e. The molecule has 1 unspecified atom stereocenters. The zero-order valence-electron chi connectivity index (χ0n) is 12.4. The molecule has 0 bridgehead atoms. The summed E-state index contributed by atoms with van der Waals surface area (Å²) in [6.45, 7) is 0. The molecule has 6 nitrogen and oxygen atoms in total. The van der Waals surface area contributed by atoms with Gasteiger partial charge in [-0.1, -0.05) is 30.3 Å². The summed E-state index contributed by atoms with van der Waals surface area (Å²) < 4.78 is 9.37. The van der Waals surface area contributed by atoms with Crippen molar-refractivity contribution in [2.45, 2.75) is 18.3 Å². The van der Waals surface area contributed by atoms with E-state index >= 15 is 0 Å². The van der Waals surface area contributed by atoms with Crippen LogP contribution in [-0.2, 0) is 29.3 Å². The van der Waals surface area contributed by atoms with Gasteiger partial charge in [-0.2, -0.15) is 0 Å². The lowest BCUT2D eigenvalue weighted by atomic mass is 9.53. The fourth-order valence-corrected chi connectivity index (χ4v) is 3.24. The third-order valence-corrected chi connectivity index (χ3v) is 4.34. The van der Waals surface area contributed by atoms with Crippen LogP contribution in [0.1, 0.15) is 18.4 Å². The molecule has 1 aliphatic carbocycles. The summed E-state index contributed by atoms with van der Waals surface area (Å²) in [5.74, 6) is -4.20. The van der Waals surface area contributed by atoms with Gasteiger partial charge in [0.15, 0.2) is 5.92 Å². The Labute approximate surface area is 128 Å². The second-order valence-corrected chi connectivity index (χ2v) is 5.44. The molecule has 0 aromatic heterocycles. The fraction of sp³-hybridized carbons (Fsp3) is 0.438. The fourth-order valence-electron chi connectivity index (χ4n) is 3.24. The van der Waals surface area contributed by atoms with Crippen LogP contribution < -0.4 is 0 Å². The maximum absolute atomic E-state index is 12.0. The van der Waals surface area contributed by atoms with Crippen LogP contribution in [0.15, 0.2) is 30.3 Å². The topological polar surface area (TPSA) is 89.9 Å². The van der Waals surface area contributed by atoms with E-state index in [1.165, 1.54) is 7.11 Å². The third kappa shape index (κ3) is 2.56. The average Bonchev–Trinajstić information content (AvgIpc) is 2.49. The number of esters is 2. The molecule has 118 valence electrons. The number of benzene rings is 1. The Bertz CT molecular complexity index is 574. The van der Waals surface area contributed by atoms with Gasteiger partial charge in [0.1, 0.15) is 0 Å². The van der Waals surface area contributed by atoms with E-state index in [0.29, 0.717) is 5.56 Å². The van der Waals surface area contributed by atoms with Gasteiger partial charge in [0, 0.05) is 5.41 Å². The van der Waals surface area contributed by atoms with E-state index in [1.54, 1.807) is 24.3 Å². The molecule has 0 spiro atoms. The molecule has 1 N–H and O–H groups in total. The SMILES string of the molecule is COC(=O)C1CC(c2ccccc2)(C(C(=O)O)C(=O)OC)C1. The highest BCUT2D eigenvalue weighted by molar-refractivity contribution is 5.96. The second-order valence-electron chi connectivity index (χ2n) is 5.44. The van der Waals surface area contributed by atoms with Crippen molar-refractivity contribution in [2.75, 3.05) is 14.2 Å². The monoisotopic (exact) mass is 306 g/mol. The molecule has 0 heterocycles. The minimum Gasteiger partial charge on any atom is -0.481 e. The summed E-state index contributed by atoms with van der Waals surface area (Å²) in [5, 5.41) is 9.50. The van der Waals surface area contributed by atoms with Crippen LogP contribution in [0.5, 0.6) is 0 Å². The van der Waals surface area contributed by atoms with Crippen molar-refractivity contribution in [1.29, 1.82) is 0 Å². The van der Waals surface area contributed by atoms with E-state index in [0.717, 1.165) is 7.11 Å². The number of carboxylic acids is 1. The van der Waals surface area contributed by atoms with Crippen LogP contribution in [0.25, 0.3) is 0 Å². The molecule has 0 amide bonds. The molecule has 1 aromatic rings. The van der Waals surface area contributed by atoms with E-state index in [4.69, 9.17) is 4.74 Å². The van der Waals surface area contributed by atoms with Crippen LogP contribution in [-0.4, -0.2) is 37.2 Å². The Kier molecular flexibility index (Phi) is 4.49. The first-order valence-electron chi connectivity index (χ1n) is 6.90. The van der Waals surface area contributed by atoms with Crippen molar-refractivity contribution < 1.29 is 29.0 Å². The molecule has 1 aromatic carbocycles. The predicted octanol–water partition coefficient (Wildman–Crippen LogP) is 1.38.